The summed E-state index contributed by atoms with van der Waals surface area (Å²) in [6, 6.07) is 15.3. The van der Waals surface area contributed by atoms with Crippen molar-refractivity contribution in [3.05, 3.63) is 59.7 Å². The Bertz CT molecular complexity index is 820. The molecule has 4 atom stereocenters. The van der Waals surface area contributed by atoms with Crippen molar-refractivity contribution < 1.29 is 17.9 Å². The maximum atomic E-state index is 13.1. The van der Waals surface area contributed by atoms with E-state index in [0.29, 0.717) is 17.9 Å². The van der Waals surface area contributed by atoms with E-state index in [1.165, 1.54) is 25.2 Å². The highest BCUT2D eigenvalue weighted by atomic mass is 19.4. The van der Waals surface area contributed by atoms with Crippen molar-refractivity contribution in [1.29, 1.82) is 0 Å². The second-order valence-electron chi connectivity index (χ2n) is 8.13. The molecule has 2 aromatic carbocycles. The van der Waals surface area contributed by atoms with Crippen LogP contribution in [0.2, 0.25) is 0 Å². The Hall–Kier alpha value is -2.17. The van der Waals surface area contributed by atoms with Crippen molar-refractivity contribution in [2.24, 2.45) is 11.8 Å². The fourth-order valence-electron chi connectivity index (χ4n) is 4.89. The summed E-state index contributed by atoms with van der Waals surface area (Å²) in [4.78, 5) is 2.22. The molecule has 1 saturated carbocycles. The van der Waals surface area contributed by atoms with E-state index < -0.39 is 11.7 Å². The lowest BCUT2D eigenvalue weighted by Crippen LogP contribution is -2.41. The van der Waals surface area contributed by atoms with Gasteiger partial charge in [0.05, 0.1) is 12.7 Å². The van der Waals surface area contributed by atoms with Crippen LogP contribution < -0.4 is 9.64 Å². The quantitative estimate of drug-likeness (QED) is 0.624. The molecule has 2 nitrogen and oxygen atoms in total. The molecule has 28 heavy (non-hydrogen) atoms. The molecular weight excluding hydrogens is 363 g/mol. The van der Waals surface area contributed by atoms with Gasteiger partial charge in [0.15, 0.2) is 0 Å². The van der Waals surface area contributed by atoms with Gasteiger partial charge >= 0.3 is 6.18 Å². The lowest BCUT2D eigenvalue weighted by molar-refractivity contribution is -0.138. The number of ether oxygens (including phenoxy) is 1. The van der Waals surface area contributed by atoms with E-state index in [2.05, 4.69) is 42.2 Å². The molecule has 0 N–H and O–H groups in total. The van der Waals surface area contributed by atoms with Gasteiger partial charge in [-0.2, -0.15) is 13.2 Å². The molecule has 2 aliphatic rings. The maximum Gasteiger partial charge on any atom is 0.419 e. The van der Waals surface area contributed by atoms with Crippen LogP contribution in [0.4, 0.5) is 18.9 Å². The van der Waals surface area contributed by atoms with Gasteiger partial charge in [0.2, 0.25) is 0 Å². The Morgan fingerprint density at radius 2 is 1.79 bits per heavy atom. The summed E-state index contributed by atoms with van der Waals surface area (Å²) < 4.78 is 44.4. The van der Waals surface area contributed by atoms with Gasteiger partial charge in [-0.1, -0.05) is 30.3 Å². The first-order valence-corrected chi connectivity index (χ1v) is 9.95. The Kier molecular flexibility index (Phi) is 5.02. The number of hydrogen-bond donors (Lipinski definition) is 0. The maximum absolute atomic E-state index is 13.1. The van der Waals surface area contributed by atoms with Crippen molar-refractivity contribution in [2.45, 2.75) is 44.3 Å². The zero-order valence-corrected chi connectivity index (χ0v) is 16.2. The molecule has 2 fully saturated rings. The highest BCUT2D eigenvalue weighted by Crippen LogP contribution is 2.55. The van der Waals surface area contributed by atoms with Crippen molar-refractivity contribution in [3.8, 4) is 5.75 Å². The van der Waals surface area contributed by atoms with Crippen LogP contribution in [0.3, 0.4) is 0 Å². The fourth-order valence-corrected chi connectivity index (χ4v) is 4.89. The van der Waals surface area contributed by atoms with Crippen molar-refractivity contribution in [3.63, 3.8) is 0 Å². The summed E-state index contributed by atoms with van der Waals surface area (Å²) >= 11 is 0. The SMILES string of the molecule is COc1cc(N2CCC([C@@H]3C[C@H]3c3ccccc3)CC2C)ccc1C(F)(F)F. The normalized spacial score (nSPS) is 27.5. The molecule has 5 heteroatoms. The molecule has 0 aromatic heterocycles. The van der Waals surface area contributed by atoms with Crippen molar-refractivity contribution >= 4 is 5.69 Å². The van der Waals surface area contributed by atoms with Gasteiger partial charge in [0.1, 0.15) is 5.75 Å². The first-order valence-electron chi connectivity index (χ1n) is 9.95. The second kappa shape index (κ2) is 7.34. The molecule has 0 amide bonds. The van der Waals surface area contributed by atoms with Crippen LogP contribution in [0.15, 0.2) is 48.5 Å². The van der Waals surface area contributed by atoms with Gasteiger partial charge in [0.25, 0.3) is 0 Å². The van der Waals surface area contributed by atoms with Gasteiger partial charge in [-0.15, -0.1) is 0 Å². The number of hydrogen-bond acceptors (Lipinski definition) is 2. The van der Waals surface area contributed by atoms with E-state index in [4.69, 9.17) is 4.74 Å². The molecule has 1 aliphatic heterocycles. The van der Waals surface area contributed by atoms with E-state index in [9.17, 15) is 13.2 Å². The smallest absolute Gasteiger partial charge is 0.419 e. The number of alkyl halides is 3. The minimum atomic E-state index is -4.40. The first-order chi connectivity index (χ1) is 13.4. The topological polar surface area (TPSA) is 12.5 Å². The second-order valence-corrected chi connectivity index (χ2v) is 8.13. The highest BCUT2D eigenvalue weighted by molar-refractivity contribution is 5.55. The number of nitrogens with zero attached hydrogens (tertiary/aromatic N) is 1. The third-order valence-electron chi connectivity index (χ3n) is 6.41. The molecule has 150 valence electrons. The number of halogens is 3. The first kappa shape index (κ1) is 19.2. The number of rotatable bonds is 4. The Balaban J connectivity index is 1.44. The summed E-state index contributed by atoms with van der Waals surface area (Å²) in [6.07, 6.45) is -0.977. The van der Waals surface area contributed by atoms with Crippen molar-refractivity contribution in [1.82, 2.24) is 0 Å². The summed E-state index contributed by atoms with van der Waals surface area (Å²) in [5.74, 6) is 2.00. The van der Waals surface area contributed by atoms with Crippen LogP contribution in [0, 0.1) is 11.8 Å². The summed E-state index contributed by atoms with van der Waals surface area (Å²) in [5, 5.41) is 0. The number of piperidine rings is 1. The van der Waals surface area contributed by atoms with Crippen LogP contribution in [-0.2, 0) is 6.18 Å². The lowest BCUT2D eigenvalue weighted by atomic mass is 9.86. The minimum Gasteiger partial charge on any atom is -0.496 e. The molecule has 1 saturated heterocycles. The third kappa shape index (κ3) is 3.71. The predicted molar refractivity (Wildman–Crippen MR) is 105 cm³/mol. The Morgan fingerprint density at radius 3 is 2.43 bits per heavy atom. The average molecular weight is 389 g/mol. The van der Waals surface area contributed by atoms with Crippen LogP contribution in [0.1, 0.15) is 43.2 Å². The van der Waals surface area contributed by atoms with Gasteiger partial charge in [-0.05, 0) is 61.6 Å². The minimum absolute atomic E-state index is 0.106. The van der Waals surface area contributed by atoms with Crippen LogP contribution in [0.25, 0.3) is 0 Å². The summed E-state index contributed by atoms with van der Waals surface area (Å²) in [6.45, 7) is 3.05. The molecule has 2 unspecified atom stereocenters. The molecular formula is C23H26F3NO. The van der Waals surface area contributed by atoms with Gasteiger partial charge < -0.3 is 9.64 Å². The molecule has 0 bridgehead atoms. The Labute approximate surface area is 164 Å². The van der Waals surface area contributed by atoms with Crippen molar-refractivity contribution in [2.75, 3.05) is 18.6 Å². The number of anilines is 1. The van der Waals surface area contributed by atoms with Crippen LogP contribution in [0.5, 0.6) is 5.75 Å². The monoisotopic (exact) mass is 389 g/mol. The van der Waals surface area contributed by atoms with E-state index in [1.807, 2.05) is 0 Å². The molecule has 0 radical (unpaired) electrons. The number of methoxy groups -OCH3 is 1. The predicted octanol–water partition coefficient (Wildman–Crippen LogP) is 6.12. The van der Waals surface area contributed by atoms with Gasteiger partial charge in [-0.3, -0.25) is 0 Å². The largest absolute Gasteiger partial charge is 0.496 e. The van der Waals surface area contributed by atoms with Gasteiger partial charge in [0, 0.05) is 24.3 Å². The molecule has 2 aromatic rings. The summed E-state index contributed by atoms with van der Waals surface area (Å²) in [5.41, 5.74) is 1.53. The molecule has 1 heterocycles. The van der Waals surface area contributed by atoms with E-state index in [0.717, 1.165) is 37.1 Å². The lowest BCUT2D eigenvalue weighted by Gasteiger charge is -2.40. The molecule has 1 aliphatic carbocycles. The van der Waals surface area contributed by atoms with Gasteiger partial charge in [-0.25, -0.2) is 0 Å². The summed E-state index contributed by atoms with van der Waals surface area (Å²) in [7, 11) is 1.29. The average Bonchev–Trinajstić information content (AvgIpc) is 3.48. The zero-order valence-electron chi connectivity index (χ0n) is 16.2. The number of benzene rings is 2. The third-order valence-corrected chi connectivity index (χ3v) is 6.41. The fraction of sp³-hybridized carbons (Fsp3) is 0.478. The molecule has 4 rings (SSSR count). The highest BCUT2D eigenvalue weighted by Gasteiger charge is 2.45. The van der Waals surface area contributed by atoms with E-state index >= 15 is 0 Å². The standard InChI is InChI=1S/C23H26F3NO/c1-15-12-17(20-14-19(20)16-6-4-3-5-7-16)10-11-27(15)18-8-9-21(23(24,25)26)22(13-18)28-2/h3-9,13,15,17,19-20H,10-12,14H2,1-2H3/t15?,17?,19-,20-/m0/s1. The zero-order chi connectivity index (χ0) is 19.9. The molecule has 0 spiro atoms. The Morgan fingerprint density at radius 1 is 1.04 bits per heavy atom. The van der Waals surface area contributed by atoms with Crippen LogP contribution >= 0.6 is 0 Å². The van der Waals surface area contributed by atoms with Crippen LogP contribution in [-0.4, -0.2) is 19.7 Å². The van der Waals surface area contributed by atoms with E-state index in [1.54, 1.807) is 6.07 Å². The van der Waals surface area contributed by atoms with E-state index in [-0.39, 0.29) is 5.75 Å².